The van der Waals surface area contributed by atoms with Gasteiger partial charge in [0.25, 0.3) is 0 Å². The number of amides is 1. The van der Waals surface area contributed by atoms with Gasteiger partial charge < -0.3 is 19.9 Å². The Hall–Kier alpha value is -1.92. The average Bonchev–Trinajstić information content (AvgIpc) is 2.47. The van der Waals surface area contributed by atoms with Gasteiger partial charge in [0.2, 0.25) is 5.91 Å². The van der Waals surface area contributed by atoms with Crippen molar-refractivity contribution in [3.8, 4) is 0 Å². The molecule has 1 aromatic rings. The number of aliphatic hydroxyl groups excluding tert-OH is 1. The third-order valence-electron chi connectivity index (χ3n) is 2.79. The van der Waals surface area contributed by atoms with Crippen molar-refractivity contribution in [2.75, 3.05) is 20.3 Å². The van der Waals surface area contributed by atoms with Crippen LogP contribution in [-0.4, -0.2) is 49.5 Å². The average molecular weight is 295 g/mol. The molecular formula is C15H21NO5. The maximum absolute atomic E-state index is 12.0. The summed E-state index contributed by atoms with van der Waals surface area (Å²) in [6, 6.07) is 8.42. The van der Waals surface area contributed by atoms with Gasteiger partial charge in [-0.05, 0) is 12.5 Å². The minimum atomic E-state index is -1.19. The van der Waals surface area contributed by atoms with E-state index in [0.717, 1.165) is 5.56 Å². The van der Waals surface area contributed by atoms with Crippen LogP contribution in [0, 0.1) is 0 Å². The molecule has 116 valence electrons. The molecule has 0 fully saturated rings. The van der Waals surface area contributed by atoms with E-state index in [1.54, 1.807) is 0 Å². The largest absolute Gasteiger partial charge is 0.462 e. The Bertz CT molecular complexity index is 447. The monoisotopic (exact) mass is 295 g/mol. The van der Waals surface area contributed by atoms with Crippen LogP contribution in [-0.2, 0) is 25.5 Å². The second-order valence-electron chi connectivity index (χ2n) is 4.59. The fraction of sp³-hybridized carbons (Fsp3) is 0.467. The van der Waals surface area contributed by atoms with Gasteiger partial charge in [0, 0.05) is 13.5 Å². The highest BCUT2D eigenvalue weighted by molar-refractivity contribution is 5.86. The van der Waals surface area contributed by atoms with Crippen LogP contribution in [0.15, 0.2) is 30.3 Å². The van der Waals surface area contributed by atoms with Crippen LogP contribution < -0.4 is 5.32 Å². The fourth-order valence-corrected chi connectivity index (χ4v) is 1.66. The lowest BCUT2D eigenvalue weighted by atomic mass is 10.1. The molecule has 2 atom stereocenters. The number of rotatable bonds is 8. The number of benzene rings is 1. The van der Waals surface area contributed by atoms with Crippen molar-refractivity contribution in [1.82, 2.24) is 5.32 Å². The van der Waals surface area contributed by atoms with Gasteiger partial charge in [0.05, 0.1) is 6.61 Å². The Morgan fingerprint density at radius 1 is 1.24 bits per heavy atom. The zero-order valence-electron chi connectivity index (χ0n) is 12.2. The number of hydrogen-bond donors (Lipinski definition) is 2. The summed E-state index contributed by atoms with van der Waals surface area (Å²) in [4.78, 5) is 23.6. The SMILES string of the molecule is COCCOC(=O)C(Cc1ccccc1)NC(=O)C(C)O. The number of methoxy groups -OCH3 is 1. The molecule has 0 aromatic heterocycles. The number of esters is 1. The summed E-state index contributed by atoms with van der Waals surface area (Å²) in [6.45, 7) is 1.74. The topological polar surface area (TPSA) is 84.9 Å². The maximum Gasteiger partial charge on any atom is 0.329 e. The van der Waals surface area contributed by atoms with Gasteiger partial charge in [-0.1, -0.05) is 30.3 Å². The molecule has 2 N–H and O–H groups in total. The lowest BCUT2D eigenvalue weighted by Gasteiger charge is -2.18. The highest BCUT2D eigenvalue weighted by Crippen LogP contribution is 2.05. The Kier molecular flexibility index (Phi) is 7.42. The molecule has 1 aromatic carbocycles. The first-order chi connectivity index (χ1) is 10.0. The fourth-order valence-electron chi connectivity index (χ4n) is 1.66. The summed E-state index contributed by atoms with van der Waals surface area (Å²) < 4.78 is 9.84. The van der Waals surface area contributed by atoms with E-state index in [1.807, 2.05) is 30.3 Å². The normalized spacial score (nSPS) is 13.3. The summed E-state index contributed by atoms with van der Waals surface area (Å²) >= 11 is 0. The maximum atomic E-state index is 12.0. The Morgan fingerprint density at radius 3 is 2.48 bits per heavy atom. The van der Waals surface area contributed by atoms with E-state index in [9.17, 15) is 14.7 Å². The number of carbonyl (C=O) groups excluding carboxylic acids is 2. The predicted molar refractivity (Wildman–Crippen MR) is 76.6 cm³/mol. The Labute approximate surface area is 124 Å². The first-order valence-electron chi connectivity index (χ1n) is 6.72. The van der Waals surface area contributed by atoms with Crippen LogP contribution in [0.2, 0.25) is 0 Å². The molecule has 0 bridgehead atoms. The third kappa shape index (κ3) is 6.37. The van der Waals surface area contributed by atoms with Crippen molar-refractivity contribution >= 4 is 11.9 Å². The molecule has 1 amide bonds. The molecule has 21 heavy (non-hydrogen) atoms. The lowest BCUT2D eigenvalue weighted by molar-refractivity contribution is -0.149. The second-order valence-corrected chi connectivity index (χ2v) is 4.59. The zero-order valence-corrected chi connectivity index (χ0v) is 12.2. The quantitative estimate of drug-likeness (QED) is 0.532. The summed E-state index contributed by atoms with van der Waals surface area (Å²) in [5, 5.41) is 11.7. The van der Waals surface area contributed by atoms with Gasteiger partial charge in [0.1, 0.15) is 18.8 Å². The highest BCUT2D eigenvalue weighted by Gasteiger charge is 2.24. The summed E-state index contributed by atoms with van der Waals surface area (Å²) in [5.74, 6) is -1.16. The molecule has 0 aliphatic heterocycles. The number of aliphatic hydroxyl groups is 1. The van der Waals surface area contributed by atoms with E-state index in [0.29, 0.717) is 6.42 Å². The van der Waals surface area contributed by atoms with Crippen molar-refractivity contribution in [3.05, 3.63) is 35.9 Å². The molecule has 0 heterocycles. The molecule has 0 saturated heterocycles. The first-order valence-corrected chi connectivity index (χ1v) is 6.72. The van der Waals surface area contributed by atoms with Gasteiger partial charge in [-0.3, -0.25) is 4.79 Å². The van der Waals surface area contributed by atoms with Gasteiger partial charge in [0.15, 0.2) is 0 Å². The summed E-state index contributed by atoms with van der Waals surface area (Å²) in [5.41, 5.74) is 0.886. The lowest BCUT2D eigenvalue weighted by Crippen LogP contribution is -2.46. The van der Waals surface area contributed by atoms with Crippen LogP contribution in [0.3, 0.4) is 0 Å². The predicted octanol–water partition coefficient (Wildman–Crippen LogP) is 0.284. The number of nitrogens with one attached hydrogen (secondary N) is 1. The van der Waals surface area contributed by atoms with Crippen LogP contribution in [0.4, 0.5) is 0 Å². The first kappa shape index (κ1) is 17.1. The van der Waals surface area contributed by atoms with Crippen LogP contribution in [0.25, 0.3) is 0 Å². The molecule has 0 aliphatic rings. The van der Waals surface area contributed by atoms with Crippen LogP contribution in [0.5, 0.6) is 0 Å². The minimum Gasteiger partial charge on any atom is -0.462 e. The molecule has 0 spiro atoms. The Balaban J connectivity index is 2.69. The van der Waals surface area contributed by atoms with Crippen molar-refractivity contribution in [2.45, 2.75) is 25.5 Å². The van der Waals surface area contributed by atoms with E-state index >= 15 is 0 Å². The molecule has 0 saturated carbocycles. The van der Waals surface area contributed by atoms with E-state index < -0.39 is 24.0 Å². The van der Waals surface area contributed by atoms with E-state index in [-0.39, 0.29) is 13.2 Å². The Morgan fingerprint density at radius 2 is 1.90 bits per heavy atom. The van der Waals surface area contributed by atoms with Gasteiger partial charge >= 0.3 is 5.97 Å². The minimum absolute atomic E-state index is 0.116. The molecule has 0 aliphatic carbocycles. The zero-order chi connectivity index (χ0) is 15.7. The summed E-state index contributed by atoms with van der Waals surface area (Å²) in [7, 11) is 1.50. The van der Waals surface area contributed by atoms with Crippen LogP contribution >= 0.6 is 0 Å². The number of carbonyl (C=O) groups is 2. The number of ether oxygens (including phenoxy) is 2. The van der Waals surface area contributed by atoms with Crippen molar-refractivity contribution in [1.29, 1.82) is 0 Å². The van der Waals surface area contributed by atoms with E-state index in [1.165, 1.54) is 14.0 Å². The van der Waals surface area contributed by atoms with E-state index in [4.69, 9.17) is 9.47 Å². The van der Waals surface area contributed by atoms with Gasteiger partial charge in [-0.2, -0.15) is 0 Å². The third-order valence-corrected chi connectivity index (χ3v) is 2.79. The summed E-state index contributed by atoms with van der Waals surface area (Å²) in [6.07, 6.45) is -0.888. The van der Waals surface area contributed by atoms with E-state index in [2.05, 4.69) is 5.32 Å². The molecule has 6 heteroatoms. The molecular weight excluding hydrogens is 274 g/mol. The molecule has 1 rings (SSSR count). The standard InChI is InChI=1S/C15H21NO5/c1-11(17)14(18)16-13(15(19)21-9-8-20-2)10-12-6-4-3-5-7-12/h3-7,11,13,17H,8-10H2,1-2H3,(H,16,18). The van der Waals surface area contributed by atoms with Crippen molar-refractivity contribution in [3.63, 3.8) is 0 Å². The smallest absolute Gasteiger partial charge is 0.329 e. The van der Waals surface area contributed by atoms with Crippen molar-refractivity contribution < 1.29 is 24.2 Å². The highest BCUT2D eigenvalue weighted by atomic mass is 16.6. The van der Waals surface area contributed by atoms with Crippen molar-refractivity contribution in [2.24, 2.45) is 0 Å². The molecule has 6 nitrogen and oxygen atoms in total. The molecule has 2 unspecified atom stereocenters. The number of hydrogen-bond acceptors (Lipinski definition) is 5. The molecule has 0 radical (unpaired) electrons. The van der Waals surface area contributed by atoms with Gasteiger partial charge in [-0.15, -0.1) is 0 Å². The second kappa shape index (κ2) is 9.10. The van der Waals surface area contributed by atoms with Crippen LogP contribution in [0.1, 0.15) is 12.5 Å². The van der Waals surface area contributed by atoms with Gasteiger partial charge in [-0.25, -0.2) is 4.79 Å².